The van der Waals surface area contributed by atoms with E-state index in [0.717, 1.165) is 42.2 Å². The molecule has 5 heteroatoms. The molecule has 2 aliphatic rings. The number of allylic oxidation sites excluding steroid dienone is 2. The molecule has 0 bridgehead atoms. The zero-order chi connectivity index (χ0) is 23.9. The summed E-state index contributed by atoms with van der Waals surface area (Å²) in [5, 5.41) is 0. The van der Waals surface area contributed by atoms with Crippen LogP contribution in [0.15, 0.2) is 42.0 Å². The highest BCUT2D eigenvalue weighted by Gasteiger charge is 2.42. The van der Waals surface area contributed by atoms with Crippen molar-refractivity contribution < 1.29 is 17.3 Å². The van der Waals surface area contributed by atoms with Crippen LogP contribution in [0.3, 0.4) is 0 Å². The molecular weight excluding hydrogens is 432 g/mol. The predicted molar refractivity (Wildman–Crippen MR) is 134 cm³/mol. The third-order valence-electron chi connectivity index (χ3n) is 7.23. The van der Waals surface area contributed by atoms with Gasteiger partial charge in [0.05, 0.1) is 6.26 Å². The van der Waals surface area contributed by atoms with Crippen LogP contribution in [0.2, 0.25) is 0 Å². The predicted octanol–water partition coefficient (Wildman–Crippen LogP) is 6.98. The maximum absolute atomic E-state index is 12.3. The van der Waals surface area contributed by atoms with Crippen LogP contribution in [0.1, 0.15) is 92.5 Å². The van der Waals surface area contributed by atoms with E-state index in [2.05, 4.69) is 33.8 Å². The van der Waals surface area contributed by atoms with E-state index in [4.69, 9.17) is 8.92 Å². The number of hydrogen-bond donors (Lipinski definition) is 0. The molecule has 178 valence electrons. The Morgan fingerprint density at radius 1 is 1.03 bits per heavy atom. The van der Waals surface area contributed by atoms with Crippen LogP contribution >= 0.6 is 0 Å². The average molecular weight is 469 g/mol. The Morgan fingerprint density at radius 3 is 2.36 bits per heavy atom. The van der Waals surface area contributed by atoms with Gasteiger partial charge < -0.3 is 8.92 Å². The number of ether oxygens (including phenoxy) is 1. The summed E-state index contributed by atoms with van der Waals surface area (Å²) in [6, 6.07) is 9.99. The largest absolute Gasteiger partial charge is 0.485 e. The van der Waals surface area contributed by atoms with Gasteiger partial charge in [-0.3, -0.25) is 0 Å². The van der Waals surface area contributed by atoms with E-state index >= 15 is 0 Å². The molecular formula is C28H36O4S. The maximum Gasteiger partial charge on any atom is 0.306 e. The number of rotatable bonds is 6. The highest BCUT2D eigenvalue weighted by Crippen LogP contribution is 2.58. The van der Waals surface area contributed by atoms with Gasteiger partial charge in [0.1, 0.15) is 6.61 Å². The topological polar surface area (TPSA) is 52.6 Å². The molecule has 0 heterocycles. The van der Waals surface area contributed by atoms with E-state index in [1.807, 2.05) is 37.3 Å². The zero-order valence-corrected chi connectivity index (χ0v) is 21.5. The lowest BCUT2D eigenvalue weighted by Crippen LogP contribution is -2.29. The highest BCUT2D eigenvalue weighted by atomic mass is 32.2. The highest BCUT2D eigenvalue weighted by molar-refractivity contribution is 7.86. The van der Waals surface area contributed by atoms with Crippen LogP contribution in [0.25, 0.3) is 0 Å². The van der Waals surface area contributed by atoms with Crippen LogP contribution in [0.5, 0.6) is 11.5 Å². The van der Waals surface area contributed by atoms with Gasteiger partial charge in [0.25, 0.3) is 0 Å². The fraction of sp³-hybridized carbons (Fsp3) is 0.500. The first-order chi connectivity index (χ1) is 15.6. The van der Waals surface area contributed by atoms with Crippen molar-refractivity contribution in [1.82, 2.24) is 0 Å². The fourth-order valence-electron chi connectivity index (χ4n) is 5.90. The Balaban J connectivity index is 1.97. The second-order valence-electron chi connectivity index (χ2n) is 10.2. The Labute approximate surface area is 199 Å². The van der Waals surface area contributed by atoms with Crippen LogP contribution in [0, 0.1) is 12.8 Å². The minimum atomic E-state index is -3.72. The fourth-order valence-corrected chi connectivity index (χ4v) is 6.40. The van der Waals surface area contributed by atoms with Gasteiger partial charge in [0, 0.05) is 17.0 Å². The minimum Gasteiger partial charge on any atom is -0.485 e. The SMILES string of the molecule is CC(C)=C[C@H]1C[C@H](C)[C@H]2CC[C@H](C)c3c(OCc4ccccc4)c(OS(C)(=O)=O)c(C)c1c32. The molecule has 0 saturated carbocycles. The second-order valence-corrected chi connectivity index (χ2v) is 11.8. The van der Waals surface area contributed by atoms with Crippen LogP contribution in [-0.4, -0.2) is 14.7 Å². The van der Waals surface area contributed by atoms with E-state index in [0.29, 0.717) is 29.9 Å². The minimum absolute atomic E-state index is 0.255. The summed E-state index contributed by atoms with van der Waals surface area (Å²) in [5.41, 5.74) is 7.01. The quantitative estimate of drug-likeness (QED) is 0.339. The molecule has 33 heavy (non-hydrogen) atoms. The summed E-state index contributed by atoms with van der Waals surface area (Å²) >= 11 is 0. The lowest BCUT2D eigenvalue weighted by Gasteiger charge is -2.43. The molecule has 4 atom stereocenters. The maximum atomic E-state index is 12.3. The summed E-state index contributed by atoms with van der Waals surface area (Å²) in [6.07, 6.45) is 6.75. The monoisotopic (exact) mass is 468 g/mol. The molecule has 0 saturated heterocycles. The second kappa shape index (κ2) is 9.17. The summed E-state index contributed by atoms with van der Waals surface area (Å²) in [4.78, 5) is 0. The molecule has 4 rings (SSSR count). The zero-order valence-electron chi connectivity index (χ0n) is 20.6. The molecule has 4 nitrogen and oxygen atoms in total. The summed E-state index contributed by atoms with van der Waals surface area (Å²) in [6.45, 7) is 11.2. The standard InChI is InChI=1S/C28H36O4S/c1-17(2)14-22-15-19(4)23-13-12-18(3)24-26(23)25(22)20(5)27(32-33(6,29)30)28(24)31-16-21-10-8-7-9-11-21/h7-11,14,18-19,22-23H,12-13,15-16H2,1-6H3/t18-,19-,22-,23+/m0/s1. The Morgan fingerprint density at radius 2 is 1.73 bits per heavy atom. The lowest BCUT2D eigenvalue weighted by molar-refractivity contribution is 0.277. The first kappa shape index (κ1) is 23.9. The molecule has 0 aliphatic heterocycles. The molecule has 0 N–H and O–H groups in total. The molecule has 0 spiro atoms. The average Bonchev–Trinajstić information content (AvgIpc) is 2.73. The number of benzene rings is 2. The smallest absolute Gasteiger partial charge is 0.306 e. The summed E-state index contributed by atoms with van der Waals surface area (Å²) in [7, 11) is -3.72. The van der Waals surface area contributed by atoms with Crippen LogP contribution in [0.4, 0.5) is 0 Å². The Hall–Kier alpha value is -2.27. The van der Waals surface area contributed by atoms with Gasteiger partial charge in [-0.25, -0.2) is 0 Å². The van der Waals surface area contributed by atoms with Gasteiger partial charge in [0.15, 0.2) is 11.5 Å². The van der Waals surface area contributed by atoms with Gasteiger partial charge in [0.2, 0.25) is 0 Å². The van der Waals surface area contributed by atoms with Crippen molar-refractivity contribution in [1.29, 1.82) is 0 Å². The molecule has 0 amide bonds. The third kappa shape index (κ3) is 4.84. The summed E-state index contributed by atoms with van der Waals surface area (Å²) in [5.74, 6) is 2.55. The third-order valence-corrected chi connectivity index (χ3v) is 7.70. The van der Waals surface area contributed by atoms with E-state index in [9.17, 15) is 8.42 Å². The van der Waals surface area contributed by atoms with Crippen molar-refractivity contribution in [2.75, 3.05) is 6.26 Å². The van der Waals surface area contributed by atoms with Crippen molar-refractivity contribution in [3.05, 3.63) is 69.8 Å². The first-order valence-electron chi connectivity index (χ1n) is 12.0. The lowest BCUT2D eigenvalue weighted by atomic mass is 9.62. The molecule has 2 aliphatic carbocycles. The molecule has 0 fully saturated rings. The number of hydrogen-bond acceptors (Lipinski definition) is 4. The van der Waals surface area contributed by atoms with Crippen molar-refractivity contribution in [2.45, 2.75) is 78.2 Å². The molecule has 0 unspecified atom stereocenters. The van der Waals surface area contributed by atoms with Gasteiger partial charge in [-0.15, -0.1) is 0 Å². The van der Waals surface area contributed by atoms with Crippen LogP contribution in [-0.2, 0) is 16.7 Å². The van der Waals surface area contributed by atoms with Gasteiger partial charge in [-0.05, 0) is 74.5 Å². The molecule has 2 aromatic carbocycles. The van der Waals surface area contributed by atoms with Crippen molar-refractivity contribution >= 4 is 10.1 Å². The van der Waals surface area contributed by atoms with Gasteiger partial charge >= 0.3 is 10.1 Å². The molecule has 2 aromatic rings. The van der Waals surface area contributed by atoms with Crippen LogP contribution < -0.4 is 8.92 Å². The van der Waals surface area contributed by atoms with E-state index < -0.39 is 10.1 Å². The normalized spacial score (nSPS) is 24.1. The Bertz CT molecular complexity index is 1160. The molecule has 0 aromatic heterocycles. The van der Waals surface area contributed by atoms with E-state index in [1.54, 1.807) is 0 Å². The first-order valence-corrected chi connectivity index (χ1v) is 13.8. The molecule has 0 radical (unpaired) electrons. The van der Waals surface area contributed by atoms with Crippen molar-refractivity contribution in [2.24, 2.45) is 5.92 Å². The van der Waals surface area contributed by atoms with Gasteiger partial charge in [-0.1, -0.05) is 55.8 Å². The van der Waals surface area contributed by atoms with E-state index in [1.165, 1.54) is 16.7 Å². The summed E-state index contributed by atoms with van der Waals surface area (Å²) < 4.78 is 36.8. The van der Waals surface area contributed by atoms with Crippen molar-refractivity contribution in [3.63, 3.8) is 0 Å². The Kier molecular flexibility index (Phi) is 6.63. The van der Waals surface area contributed by atoms with Crippen molar-refractivity contribution in [3.8, 4) is 11.5 Å². The van der Waals surface area contributed by atoms with E-state index in [-0.39, 0.29) is 11.8 Å². The van der Waals surface area contributed by atoms with Gasteiger partial charge in [-0.2, -0.15) is 8.42 Å².